The van der Waals surface area contributed by atoms with E-state index < -0.39 is 0 Å². The number of thiophene rings is 1. The van der Waals surface area contributed by atoms with Gasteiger partial charge in [-0.2, -0.15) is 5.26 Å². The molecule has 0 radical (unpaired) electrons. The Labute approximate surface area is 202 Å². The lowest BCUT2D eigenvalue weighted by Crippen LogP contribution is -2.08. The number of anilines is 3. The summed E-state index contributed by atoms with van der Waals surface area (Å²) in [5, 5.41) is 16.1. The Bertz CT molecular complexity index is 1210. The minimum absolute atomic E-state index is 0.119. The minimum Gasteiger partial charge on any atom is -0.326 e. The number of nitrogens with zero attached hydrogens (tertiary/aromatic N) is 3. The molecule has 8 heteroatoms. The maximum Gasteiger partial charge on any atom is 0.227 e. The first kappa shape index (κ1) is 23.3. The van der Waals surface area contributed by atoms with Gasteiger partial charge in [0.25, 0.3) is 0 Å². The van der Waals surface area contributed by atoms with E-state index in [1.165, 1.54) is 31.7 Å². The molecule has 1 aliphatic carbocycles. The third kappa shape index (κ3) is 5.21. The fraction of sp³-hybridized carbons (Fsp3) is 0.360. The number of nitrogens with one attached hydrogen (secondary N) is 2. The molecule has 2 heterocycles. The van der Waals surface area contributed by atoms with Gasteiger partial charge in [-0.15, -0.1) is 23.1 Å². The fourth-order valence-corrected chi connectivity index (χ4v) is 6.44. The van der Waals surface area contributed by atoms with Crippen LogP contribution in [0.3, 0.4) is 0 Å². The van der Waals surface area contributed by atoms with Crippen LogP contribution in [0.2, 0.25) is 0 Å². The Balaban J connectivity index is 1.73. The molecule has 0 saturated heterocycles. The average Bonchev–Trinajstić information content (AvgIpc) is 3.19. The second kappa shape index (κ2) is 10.4. The van der Waals surface area contributed by atoms with Crippen LogP contribution in [0.15, 0.2) is 34.7 Å². The number of hydrogen-bond acceptors (Lipinski definition) is 7. The van der Waals surface area contributed by atoms with Crippen molar-refractivity contribution in [3.8, 4) is 16.6 Å². The van der Waals surface area contributed by atoms with Crippen molar-refractivity contribution in [3.05, 3.63) is 47.2 Å². The highest BCUT2D eigenvalue weighted by molar-refractivity contribution is 8.00. The first-order valence-corrected chi connectivity index (χ1v) is 13.1. The second-order valence-electron chi connectivity index (χ2n) is 8.27. The summed E-state index contributed by atoms with van der Waals surface area (Å²) in [5.74, 6) is 0.773. The van der Waals surface area contributed by atoms with Crippen LogP contribution in [0.5, 0.6) is 0 Å². The van der Waals surface area contributed by atoms with E-state index in [-0.39, 0.29) is 5.91 Å². The molecule has 3 aromatic rings. The van der Waals surface area contributed by atoms with E-state index >= 15 is 0 Å². The zero-order valence-corrected chi connectivity index (χ0v) is 20.7. The zero-order chi connectivity index (χ0) is 23.4. The summed E-state index contributed by atoms with van der Waals surface area (Å²) in [5.41, 5.74) is 5.37. The normalized spacial score (nSPS) is 14.0. The number of hydrogen-bond donors (Lipinski definition) is 2. The van der Waals surface area contributed by atoms with Gasteiger partial charge >= 0.3 is 0 Å². The van der Waals surface area contributed by atoms with Crippen molar-refractivity contribution in [2.24, 2.45) is 0 Å². The van der Waals surface area contributed by atoms with Gasteiger partial charge in [0.15, 0.2) is 0 Å². The molecular formula is C25H27N5OS2. The van der Waals surface area contributed by atoms with Crippen molar-refractivity contribution >= 4 is 46.3 Å². The number of carbonyl (C=O) groups is 1. The molecule has 170 valence electrons. The number of aromatic nitrogens is 2. The average molecular weight is 478 g/mol. The summed E-state index contributed by atoms with van der Waals surface area (Å²) in [6, 6.07) is 9.96. The van der Waals surface area contributed by atoms with E-state index in [0.717, 1.165) is 44.4 Å². The lowest BCUT2D eigenvalue weighted by molar-refractivity contribution is -0.114. The van der Waals surface area contributed by atoms with Gasteiger partial charge in [-0.1, -0.05) is 25.3 Å². The van der Waals surface area contributed by atoms with Crippen molar-refractivity contribution in [2.75, 3.05) is 16.9 Å². The van der Waals surface area contributed by atoms with Crippen LogP contribution >= 0.6 is 23.1 Å². The van der Waals surface area contributed by atoms with Gasteiger partial charge in [-0.05, 0) is 61.3 Å². The van der Waals surface area contributed by atoms with Gasteiger partial charge in [0, 0.05) is 24.5 Å². The van der Waals surface area contributed by atoms with Crippen molar-refractivity contribution in [3.63, 3.8) is 0 Å². The van der Waals surface area contributed by atoms with E-state index in [2.05, 4.69) is 21.7 Å². The molecule has 0 atom stereocenters. The predicted molar refractivity (Wildman–Crippen MR) is 136 cm³/mol. The van der Waals surface area contributed by atoms with E-state index in [1.54, 1.807) is 23.1 Å². The van der Waals surface area contributed by atoms with Crippen LogP contribution in [0, 0.1) is 18.3 Å². The van der Waals surface area contributed by atoms with Crippen molar-refractivity contribution < 1.29 is 4.79 Å². The number of aryl methyl sites for hydroxylation is 1. The van der Waals surface area contributed by atoms with Gasteiger partial charge in [0.05, 0.1) is 20.3 Å². The fourth-order valence-electron chi connectivity index (χ4n) is 4.37. The third-order valence-corrected chi connectivity index (χ3v) is 8.18. The van der Waals surface area contributed by atoms with Crippen molar-refractivity contribution in [2.45, 2.75) is 56.1 Å². The number of amides is 1. The van der Waals surface area contributed by atoms with Crippen molar-refractivity contribution in [1.82, 2.24) is 9.97 Å². The molecule has 2 N–H and O–H groups in total. The van der Waals surface area contributed by atoms with Gasteiger partial charge in [0.1, 0.15) is 6.07 Å². The van der Waals surface area contributed by atoms with Gasteiger partial charge in [-0.25, -0.2) is 9.97 Å². The zero-order valence-electron chi connectivity index (χ0n) is 19.1. The molecule has 1 fully saturated rings. The molecule has 1 aliphatic rings. The summed E-state index contributed by atoms with van der Waals surface area (Å²) < 4.78 is 1.06. The topological polar surface area (TPSA) is 90.7 Å². The number of benzene rings is 1. The minimum atomic E-state index is -0.119. The summed E-state index contributed by atoms with van der Waals surface area (Å²) >= 11 is 3.31. The number of thioether (sulfide) groups is 1. The lowest BCUT2D eigenvalue weighted by Gasteiger charge is -2.23. The first-order chi connectivity index (χ1) is 16.0. The Morgan fingerprint density at radius 1 is 1.24 bits per heavy atom. The lowest BCUT2D eigenvalue weighted by atomic mass is 9.82. The highest BCUT2D eigenvalue weighted by atomic mass is 32.2. The smallest absolute Gasteiger partial charge is 0.227 e. The molecule has 6 nitrogen and oxygen atoms in total. The van der Waals surface area contributed by atoms with Gasteiger partial charge < -0.3 is 10.6 Å². The van der Waals surface area contributed by atoms with Gasteiger partial charge in [0.2, 0.25) is 11.9 Å². The SMILES string of the molecule is CSc1sc(-c2nc(Nc3cccc(NC(C)=O)c3)ncc2C)c(C2CCCCC2)c1C#N. The van der Waals surface area contributed by atoms with Crippen LogP contribution in [0.4, 0.5) is 17.3 Å². The molecule has 1 saturated carbocycles. The number of carbonyl (C=O) groups excluding carboxylic acids is 1. The third-order valence-electron chi connectivity index (χ3n) is 5.85. The molecule has 0 spiro atoms. The molecule has 0 unspecified atom stereocenters. The molecule has 33 heavy (non-hydrogen) atoms. The molecule has 0 aliphatic heterocycles. The summed E-state index contributed by atoms with van der Waals surface area (Å²) in [6.45, 7) is 3.50. The summed E-state index contributed by atoms with van der Waals surface area (Å²) in [6.07, 6.45) is 9.79. The second-order valence-corrected chi connectivity index (χ2v) is 10.4. The molecule has 4 rings (SSSR count). The summed E-state index contributed by atoms with van der Waals surface area (Å²) in [7, 11) is 0. The van der Waals surface area contributed by atoms with E-state index in [4.69, 9.17) is 4.98 Å². The van der Waals surface area contributed by atoms with Crippen LogP contribution in [-0.2, 0) is 4.79 Å². The number of nitriles is 1. The van der Waals surface area contributed by atoms with E-state index in [9.17, 15) is 10.1 Å². The standard InChI is InChI=1S/C25H27N5OS2/c1-15-14-27-25(29-19-11-7-10-18(12-19)28-16(2)31)30-22(15)23-21(17-8-5-4-6-9-17)20(13-26)24(32-3)33-23/h7,10-12,14,17H,4-6,8-9H2,1-3H3,(H,28,31)(H,27,29,30). The Morgan fingerprint density at radius 3 is 2.70 bits per heavy atom. The Morgan fingerprint density at radius 2 is 2.00 bits per heavy atom. The predicted octanol–water partition coefficient (Wildman–Crippen LogP) is 6.86. The Kier molecular flexibility index (Phi) is 7.31. The molecule has 1 amide bonds. The maximum atomic E-state index is 11.4. The Hall–Kier alpha value is -2.89. The van der Waals surface area contributed by atoms with Crippen LogP contribution in [0.25, 0.3) is 10.6 Å². The maximum absolute atomic E-state index is 11.4. The highest BCUT2D eigenvalue weighted by Crippen LogP contribution is 2.48. The number of rotatable bonds is 6. The molecule has 0 bridgehead atoms. The summed E-state index contributed by atoms with van der Waals surface area (Å²) in [4.78, 5) is 21.9. The first-order valence-electron chi connectivity index (χ1n) is 11.1. The van der Waals surface area contributed by atoms with E-state index in [1.807, 2.05) is 43.6 Å². The largest absolute Gasteiger partial charge is 0.326 e. The van der Waals surface area contributed by atoms with Crippen molar-refractivity contribution in [1.29, 1.82) is 5.26 Å². The van der Waals surface area contributed by atoms with E-state index in [0.29, 0.717) is 17.6 Å². The van der Waals surface area contributed by atoms with Crippen LogP contribution < -0.4 is 10.6 Å². The quantitative estimate of drug-likeness (QED) is 0.377. The van der Waals surface area contributed by atoms with Gasteiger partial charge in [-0.3, -0.25) is 4.79 Å². The monoisotopic (exact) mass is 477 g/mol. The highest BCUT2D eigenvalue weighted by Gasteiger charge is 2.28. The molecule has 2 aromatic heterocycles. The molecule has 1 aromatic carbocycles. The van der Waals surface area contributed by atoms with Crippen LogP contribution in [0.1, 0.15) is 61.6 Å². The molecular weight excluding hydrogens is 450 g/mol. The van der Waals surface area contributed by atoms with Crippen LogP contribution in [-0.4, -0.2) is 22.1 Å².